The van der Waals surface area contributed by atoms with E-state index in [-0.39, 0.29) is 0 Å². The first-order valence-electron chi connectivity index (χ1n) is 10.9. The molecule has 0 saturated carbocycles. The number of hydrogen-bond donors (Lipinski definition) is 1. The van der Waals surface area contributed by atoms with Crippen LogP contribution in [-0.4, -0.2) is 55.8 Å². The number of hydrazone groups is 1. The molecule has 2 atom stereocenters. The van der Waals surface area contributed by atoms with Gasteiger partial charge in [0.05, 0.1) is 31.9 Å². The highest BCUT2D eigenvalue weighted by molar-refractivity contribution is 5.95. The molecule has 0 spiro atoms. The van der Waals surface area contributed by atoms with Crippen molar-refractivity contribution in [1.29, 1.82) is 0 Å². The fourth-order valence-electron chi connectivity index (χ4n) is 4.28. The molecule has 4 rings (SSSR count). The highest BCUT2D eigenvalue weighted by atomic mass is 19.4. The van der Waals surface area contributed by atoms with Gasteiger partial charge < -0.3 is 19.5 Å². The number of aliphatic carboxylic acids is 1. The molecule has 0 aromatic heterocycles. The number of carboxylic acid groups (broad SMARTS) is 1. The summed E-state index contributed by atoms with van der Waals surface area (Å²) < 4.78 is 51.1. The molecule has 2 aliphatic heterocycles. The largest absolute Gasteiger partial charge is 0.497 e. The summed E-state index contributed by atoms with van der Waals surface area (Å²) in [6.07, 6.45) is -5.07. The molecule has 10 heteroatoms. The topological polar surface area (TPSA) is 74.6 Å². The molecule has 0 bridgehead atoms. The van der Waals surface area contributed by atoms with Crippen molar-refractivity contribution in [1.82, 2.24) is 0 Å². The number of rotatable bonds is 8. The minimum absolute atomic E-state index is 0.351. The van der Waals surface area contributed by atoms with Crippen molar-refractivity contribution in [2.45, 2.75) is 25.6 Å². The Morgan fingerprint density at radius 3 is 2.44 bits per heavy atom. The number of hydrogen-bond acceptors (Lipinski definition) is 6. The van der Waals surface area contributed by atoms with Crippen LogP contribution in [0.2, 0.25) is 0 Å². The van der Waals surface area contributed by atoms with Crippen LogP contribution in [0, 0.1) is 11.8 Å². The normalized spacial score (nSPS) is 20.7. The number of ether oxygens (including phenoxy) is 2. The van der Waals surface area contributed by atoms with Crippen molar-refractivity contribution in [3.63, 3.8) is 0 Å². The van der Waals surface area contributed by atoms with Crippen LogP contribution >= 0.6 is 0 Å². The standard InChI is InChI=1S/C24H26F3N3O4/c1-15-21(11-22(31)32)30(28-23(15)24(25,26)27)17-6-8-19(9-7-17)34-14-16-12-29(13-16)18-4-3-5-20(10-18)33-2/h3-10,15-16,21H,11-14H2,1-2H3,(H,31,32). The molecule has 1 N–H and O–H groups in total. The average molecular weight is 477 g/mol. The molecule has 1 fully saturated rings. The molecule has 0 aliphatic carbocycles. The summed E-state index contributed by atoms with van der Waals surface area (Å²) in [4.78, 5) is 13.5. The second kappa shape index (κ2) is 9.44. The van der Waals surface area contributed by atoms with Crippen LogP contribution in [0.5, 0.6) is 11.5 Å². The Hall–Kier alpha value is -3.43. The molecule has 2 aromatic carbocycles. The predicted octanol–water partition coefficient (Wildman–Crippen LogP) is 4.43. The number of nitrogens with zero attached hydrogens (tertiary/aromatic N) is 3. The van der Waals surface area contributed by atoms with E-state index in [1.807, 2.05) is 24.3 Å². The van der Waals surface area contributed by atoms with Crippen LogP contribution in [0.25, 0.3) is 0 Å². The van der Waals surface area contributed by atoms with Gasteiger partial charge in [0, 0.05) is 36.7 Å². The third-order valence-corrected chi connectivity index (χ3v) is 6.17. The minimum Gasteiger partial charge on any atom is -0.497 e. The molecule has 182 valence electrons. The van der Waals surface area contributed by atoms with Gasteiger partial charge in [0.1, 0.15) is 17.2 Å². The Morgan fingerprint density at radius 2 is 1.82 bits per heavy atom. The highest BCUT2D eigenvalue weighted by Gasteiger charge is 2.48. The third-order valence-electron chi connectivity index (χ3n) is 6.17. The minimum atomic E-state index is -4.62. The van der Waals surface area contributed by atoms with E-state index in [4.69, 9.17) is 14.6 Å². The third kappa shape index (κ3) is 5.05. The molecule has 2 aliphatic rings. The Labute approximate surface area is 195 Å². The van der Waals surface area contributed by atoms with E-state index in [1.54, 1.807) is 31.4 Å². The Kier molecular flexibility index (Phi) is 6.58. The molecule has 34 heavy (non-hydrogen) atoms. The van der Waals surface area contributed by atoms with Gasteiger partial charge in [0.2, 0.25) is 0 Å². The van der Waals surface area contributed by atoms with Crippen LogP contribution in [0.1, 0.15) is 13.3 Å². The van der Waals surface area contributed by atoms with Crippen molar-refractivity contribution in [2.75, 3.05) is 36.7 Å². The zero-order chi connectivity index (χ0) is 24.5. The lowest BCUT2D eigenvalue weighted by Gasteiger charge is -2.40. The zero-order valence-corrected chi connectivity index (χ0v) is 18.8. The van der Waals surface area contributed by atoms with E-state index in [2.05, 4.69) is 10.0 Å². The summed E-state index contributed by atoms with van der Waals surface area (Å²) in [6.45, 7) is 3.56. The lowest BCUT2D eigenvalue weighted by Crippen LogP contribution is -2.49. The molecule has 7 nitrogen and oxygen atoms in total. The second-order valence-electron chi connectivity index (χ2n) is 8.56. The van der Waals surface area contributed by atoms with Gasteiger partial charge in [-0.1, -0.05) is 13.0 Å². The van der Waals surface area contributed by atoms with E-state index in [0.717, 1.165) is 29.5 Å². The maximum absolute atomic E-state index is 13.3. The van der Waals surface area contributed by atoms with Crippen molar-refractivity contribution in [3.05, 3.63) is 48.5 Å². The van der Waals surface area contributed by atoms with Crippen LogP contribution in [0.4, 0.5) is 24.5 Å². The molecular weight excluding hydrogens is 451 g/mol. The van der Waals surface area contributed by atoms with Crippen LogP contribution < -0.4 is 19.4 Å². The van der Waals surface area contributed by atoms with Crippen molar-refractivity contribution in [2.24, 2.45) is 16.9 Å². The quantitative estimate of drug-likeness (QED) is 0.607. The van der Waals surface area contributed by atoms with Crippen molar-refractivity contribution < 1.29 is 32.5 Å². The number of anilines is 2. The van der Waals surface area contributed by atoms with E-state index in [0.29, 0.717) is 24.0 Å². The lowest BCUT2D eigenvalue weighted by molar-refractivity contribution is -0.137. The van der Waals surface area contributed by atoms with E-state index in [1.165, 1.54) is 6.92 Å². The van der Waals surface area contributed by atoms with Crippen molar-refractivity contribution >= 4 is 23.1 Å². The Balaban J connectivity index is 1.35. The van der Waals surface area contributed by atoms with E-state index in [9.17, 15) is 18.0 Å². The number of alkyl halides is 3. The summed E-state index contributed by atoms with van der Waals surface area (Å²) in [5, 5.41) is 14.1. The van der Waals surface area contributed by atoms with E-state index >= 15 is 0 Å². The molecule has 0 radical (unpaired) electrons. The fraction of sp³-hybridized carbons (Fsp3) is 0.417. The van der Waals surface area contributed by atoms with Gasteiger partial charge in [0.25, 0.3) is 0 Å². The highest BCUT2D eigenvalue weighted by Crippen LogP contribution is 2.37. The van der Waals surface area contributed by atoms with Crippen LogP contribution in [0.3, 0.4) is 0 Å². The number of carbonyl (C=O) groups is 1. The summed E-state index contributed by atoms with van der Waals surface area (Å²) in [5.74, 6) is -0.487. The fourth-order valence-corrected chi connectivity index (χ4v) is 4.28. The van der Waals surface area contributed by atoms with E-state index < -0.39 is 36.2 Å². The Morgan fingerprint density at radius 1 is 1.12 bits per heavy atom. The maximum Gasteiger partial charge on any atom is 0.431 e. The number of benzene rings is 2. The lowest BCUT2D eigenvalue weighted by atomic mass is 9.94. The summed E-state index contributed by atoms with van der Waals surface area (Å²) in [5.41, 5.74) is 0.511. The first kappa shape index (κ1) is 23.7. The zero-order valence-electron chi connectivity index (χ0n) is 18.8. The summed E-state index contributed by atoms with van der Waals surface area (Å²) >= 11 is 0. The summed E-state index contributed by atoms with van der Waals surface area (Å²) in [7, 11) is 1.63. The van der Waals surface area contributed by atoms with Crippen LogP contribution in [-0.2, 0) is 4.79 Å². The van der Waals surface area contributed by atoms with Crippen LogP contribution in [0.15, 0.2) is 53.6 Å². The number of methoxy groups -OCH3 is 1. The molecule has 2 aromatic rings. The van der Waals surface area contributed by atoms with Gasteiger partial charge in [-0.2, -0.15) is 18.3 Å². The van der Waals surface area contributed by atoms with Gasteiger partial charge >= 0.3 is 12.1 Å². The molecule has 1 saturated heterocycles. The average Bonchev–Trinajstić information content (AvgIpc) is 3.09. The molecular formula is C24H26F3N3O4. The first-order valence-corrected chi connectivity index (χ1v) is 10.9. The van der Waals surface area contributed by atoms with Gasteiger partial charge in [-0.3, -0.25) is 9.80 Å². The smallest absolute Gasteiger partial charge is 0.431 e. The van der Waals surface area contributed by atoms with Crippen molar-refractivity contribution in [3.8, 4) is 11.5 Å². The Bertz CT molecular complexity index is 1050. The second-order valence-corrected chi connectivity index (χ2v) is 8.56. The number of halogens is 3. The van der Waals surface area contributed by atoms with Gasteiger partial charge in [-0.15, -0.1) is 0 Å². The molecule has 0 amide bonds. The molecule has 2 heterocycles. The monoisotopic (exact) mass is 477 g/mol. The maximum atomic E-state index is 13.3. The number of carboxylic acids is 1. The van der Waals surface area contributed by atoms with Gasteiger partial charge in [-0.05, 0) is 36.4 Å². The summed E-state index contributed by atoms with van der Waals surface area (Å²) in [6, 6.07) is 13.5. The van der Waals surface area contributed by atoms with Gasteiger partial charge in [-0.25, -0.2) is 0 Å². The van der Waals surface area contributed by atoms with Gasteiger partial charge in [0.15, 0.2) is 0 Å². The SMILES string of the molecule is COc1cccc(N2CC(COc3ccc(N4N=C(C(F)(F)F)C(C)C4CC(=O)O)cc3)C2)c1. The predicted molar refractivity (Wildman–Crippen MR) is 122 cm³/mol. The molecule has 2 unspecified atom stereocenters. The first-order chi connectivity index (χ1) is 16.2.